The van der Waals surface area contributed by atoms with Crippen LogP contribution in [0.25, 0.3) is 5.69 Å². The molecule has 0 unspecified atom stereocenters. The topological polar surface area (TPSA) is 77.8 Å². The summed E-state index contributed by atoms with van der Waals surface area (Å²) in [5.41, 5.74) is -0.666. The van der Waals surface area contributed by atoms with E-state index in [2.05, 4.69) is 0 Å². The number of nitrogens with zero attached hydrogens (tertiary/aromatic N) is 2. The Morgan fingerprint density at radius 1 is 0.974 bits per heavy atom. The van der Waals surface area contributed by atoms with Crippen molar-refractivity contribution >= 4 is 15.7 Å². The Kier molecular flexibility index (Phi) is 5.84. The van der Waals surface area contributed by atoms with Gasteiger partial charge in [0.05, 0.1) is 28.1 Å². The molecule has 0 bridgehead atoms. The first kappa shape index (κ1) is 25.0. The molecule has 6 rings (SSSR count). The number of fused-ring (bicyclic) bond motifs is 4. The molecule has 3 aromatic rings. The number of aromatic nitrogens is 1. The third kappa shape index (κ3) is 3.99. The minimum absolute atomic E-state index is 0.151. The number of sulfone groups is 1. The van der Waals surface area contributed by atoms with E-state index in [1.807, 2.05) is 0 Å². The number of rotatable bonds is 3. The summed E-state index contributed by atoms with van der Waals surface area (Å²) in [7, 11) is -3.53. The number of ether oxygens (including phenoxy) is 2. The highest BCUT2D eigenvalue weighted by Crippen LogP contribution is 2.48. The number of benzene rings is 2. The molecule has 3 aliphatic rings. The maximum absolute atomic E-state index is 13.8. The summed E-state index contributed by atoms with van der Waals surface area (Å²) in [6.07, 6.45) is -3.48. The molecule has 7 nitrogen and oxygen atoms in total. The number of carbonyl (C=O) groups is 1. The van der Waals surface area contributed by atoms with Gasteiger partial charge in [0.2, 0.25) is 0 Å². The molecule has 4 heterocycles. The highest BCUT2D eigenvalue weighted by molar-refractivity contribution is 7.92. The van der Waals surface area contributed by atoms with E-state index >= 15 is 0 Å². The summed E-state index contributed by atoms with van der Waals surface area (Å²) in [5.74, 6) is 0.0986. The zero-order valence-corrected chi connectivity index (χ0v) is 21.1. The van der Waals surface area contributed by atoms with Gasteiger partial charge >= 0.3 is 6.18 Å². The SMILES string of the molecule is O=C(c1ccc(S(=O)(=O)[C@@H]2CCOC2)cc1)N1CCC2(CC1)Oc1ccccc1-n1c(C(F)(F)F)ccc12. The van der Waals surface area contributed by atoms with E-state index in [9.17, 15) is 26.4 Å². The minimum Gasteiger partial charge on any atom is -0.479 e. The van der Waals surface area contributed by atoms with Crippen LogP contribution in [0.2, 0.25) is 0 Å². The molecule has 38 heavy (non-hydrogen) atoms. The van der Waals surface area contributed by atoms with Crippen LogP contribution in [0.5, 0.6) is 5.75 Å². The molecule has 0 N–H and O–H groups in total. The van der Waals surface area contributed by atoms with Crippen molar-refractivity contribution in [3.05, 3.63) is 77.6 Å². The van der Waals surface area contributed by atoms with E-state index in [4.69, 9.17) is 9.47 Å². The van der Waals surface area contributed by atoms with Gasteiger partial charge in [0.25, 0.3) is 5.91 Å². The maximum Gasteiger partial charge on any atom is 0.431 e. The Labute approximate surface area is 217 Å². The monoisotopic (exact) mass is 546 g/mol. The largest absolute Gasteiger partial charge is 0.479 e. The van der Waals surface area contributed by atoms with Crippen LogP contribution < -0.4 is 4.74 Å². The molecular formula is C27H25F3N2O5S. The summed E-state index contributed by atoms with van der Waals surface area (Å²) in [5, 5.41) is -0.584. The zero-order valence-electron chi connectivity index (χ0n) is 20.3. The van der Waals surface area contributed by atoms with Crippen LogP contribution >= 0.6 is 0 Å². The van der Waals surface area contributed by atoms with Crippen molar-refractivity contribution in [2.24, 2.45) is 0 Å². The summed E-state index contributed by atoms with van der Waals surface area (Å²) in [6, 6.07) is 15.1. The van der Waals surface area contributed by atoms with Gasteiger partial charge in [-0.2, -0.15) is 13.2 Å². The Hall–Kier alpha value is -3.31. The van der Waals surface area contributed by atoms with Gasteiger partial charge < -0.3 is 18.9 Å². The lowest BCUT2D eigenvalue weighted by molar-refractivity contribution is -0.143. The Morgan fingerprint density at radius 2 is 1.68 bits per heavy atom. The molecule has 0 saturated carbocycles. The molecule has 200 valence electrons. The number of likely N-dealkylation sites (tertiary alicyclic amines) is 1. The molecular weight excluding hydrogens is 521 g/mol. The molecule has 1 atom stereocenters. The second-order valence-electron chi connectivity index (χ2n) is 9.85. The van der Waals surface area contributed by atoms with Crippen LogP contribution in [0.1, 0.15) is 41.0 Å². The quantitative estimate of drug-likeness (QED) is 0.481. The standard InChI is InChI=1S/C27H25F3N2O5S/c28-27(29,30)24-10-9-23-26(37-22-4-2-1-3-21(22)32(23)24)12-14-31(15-13-26)25(33)18-5-7-19(8-6-18)38(34,35)20-11-16-36-17-20/h1-10,20H,11-17H2/t20-/m1/s1. The lowest BCUT2D eigenvalue weighted by atomic mass is 9.86. The number of hydrogen-bond donors (Lipinski definition) is 0. The average molecular weight is 547 g/mol. The predicted molar refractivity (Wildman–Crippen MR) is 131 cm³/mol. The second-order valence-corrected chi connectivity index (χ2v) is 12.1. The summed E-state index contributed by atoms with van der Waals surface area (Å²) in [6.45, 7) is 1.12. The number of halogens is 3. The van der Waals surface area contributed by atoms with E-state index in [0.29, 0.717) is 48.6 Å². The van der Waals surface area contributed by atoms with Gasteiger partial charge in [0.1, 0.15) is 11.4 Å². The van der Waals surface area contributed by atoms with Gasteiger partial charge in [0, 0.05) is 38.1 Å². The van der Waals surface area contributed by atoms with Crippen LogP contribution in [0.15, 0.2) is 65.6 Å². The smallest absolute Gasteiger partial charge is 0.431 e. The molecule has 0 aliphatic carbocycles. The number of alkyl halides is 3. The van der Waals surface area contributed by atoms with Crippen LogP contribution in [0.3, 0.4) is 0 Å². The number of amides is 1. The van der Waals surface area contributed by atoms with E-state index in [1.165, 1.54) is 34.9 Å². The lowest BCUT2D eigenvalue weighted by Crippen LogP contribution is -2.50. The van der Waals surface area contributed by atoms with Gasteiger partial charge in [-0.05, 0) is 55.0 Å². The van der Waals surface area contributed by atoms with Gasteiger partial charge in [0.15, 0.2) is 15.4 Å². The third-order valence-corrected chi connectivity index (χ3v) is 9.84. The highest BCUT2D eigenvalue weighted by atomic mass is 32.2. The number of hydrogen-bond acceptors (Lipinski definition) is 5. The predicted octanol–water partition coefficient (Wildman–Crippen LogP) is 4.58. The van der Waals surface area contributed by atoms with Crippen molar-refractivity contribution in [3.63, 3.8) is 0 Å². The van der Waals surface area contributed by atoms with E-state index in [-0.39, 0.29) is 30.5 Å². The van der Waals surface area contributed by atoms with Crippen molar-refractivity contribution < 1.29 is 35.9 Å². The number of piperidine rings is 1. The molecule has 11 heteroatoms. The van der Waals surface area contributed by atoms with Gasteiger partial charge in [-0.15, -0.1) is 0 Å². The van der Waals surface area contributed by atoms with Crippen molar-refractivity contribution in [1.29, 1.82) is 0 Å². The van der Waals surface area contributed by atoms with Crippen LogP contribution in [-0.2, 0) is 26.4 Å². The molecule has 3 aliphatic heterocycles. The van der Waals surface area contributed by atoms with Crippen molar-refractivity contribution in [1.82, 2.24) is 9.47 Å². The highest BCUT2D eigenvalue weighted by Gasteiger charge is 2.48. The van der Waals surface area contributed by atoms with Crippen LogP contribution in [-0.4, -0.2) is 55.3 Å². The first-order valence-electron chi connectivity index (χ1n) is 12.4. The number of carbonyl (C=O) groups excluding carboxylic acids is 1. The fraction of sp³-hybridized carbons (Fsp3) is 0.370. The van der Waals surface area contributed by atoms with E-state index in [1.54, 1.807) is 29.2 Å². The van der Waals surface area contributed by atoms with Crippen molar-refractivity contribution in [3.8, 4) is 11.4 Å². The molecule has 2 saturated heterocycles. The molecule has 1 aromatic heterocycles. The van der Waals surface area contributed by atoms with Crippen molar-refractivity contribution in [2.75, 3.05) is 26.3 Å². The van der Waals surface area contributed by atoms with E-state index in [0.717, 1.165) is 6.07 Å². The minimum atomic E-state index is -4.54. The fourth-order valence-electron chi connectivity index (χ4n) is 5.61. The first-order valence-corrected chi connectivity index (χ1v) is 13.9. The Morgan fingerprint density at radius 3 is 2.34 bits per heavy atom. The normalized spacial score (nSPS) is 20.6. The maximum atomic E-state index is 13.8. The molecule has 1 spiro atoms. The van der Waals surface area contributed by atoms with Gasteiger partial charge in [-0.1, -0.05) is 12.1 Å². The van der Waals surface area contributed by atoms with E-state index < -0.39 is 32.6 Å². The van der Waals surface area contributed by atoms with Crippen LogP contribution in [0.4, 0.5) is 13.2 Å². The Balaban J connectivity index is 1.23. The average Bonchev–Trinajstić information content (AvgIpc) is 3.61. The molecule has 2 fully saturated rings. The van der Waals surface area contributed by atoms with Gasteiger partial charge in [-0.3, -0.25) is 4.79 Å². The summed E-state index contributed by atoms with van der Waals surface area (Å²) < 4.78 is 79.9. The lowest BCUT2D eigenvalue weighted by Gasteiger charge is -2.45. The molecule has 0 radical (unpaired) electrons. The number of para-hydroxylation sites is 2. The first-order chi connectivity index (χ1) is 18.1. The van der Waals surface area contributed by atoms with Crippen LogP contribution in [0, 0.1) is 0 Å². The molecule has 2 aromatic carbocycles. The summed E-state index contributed by atoms with van der Waals surface area (Å²) in [4.78, 5) is 15.0. The van der Waals surface area contributed by atoms with Gasteiger partial charge in [-0.25, -0.2) is 8.42 Å². The fourth-order valence-corrected chi connectivity index (χ4v) is 7.20. The third-order valence-electron chi connectivity index (χ3n) is 7.66. The summed E-state index contributed by atoms with van der Waals surface area (Å²) >= 11 is 0. The molecule has 1 amide bonds. The second kappa shape index (κ2) is 8.88. The Bertz CT molecular complexity index is 1480. The van der Waals surface area contributed by atoms with Crippen molar-refractivity contribution in [2.45, 2.75) is 41.2 Å². The zero-order chi connectivity index (χ0) is 26.7.